The summed E-state index contributed by atoms with van der Waals surface area (Å²) in [4.78, 5) is 11.1. The Bertz CT molecular complexity index is 385. The molecule has 4 heteroatoms. The summed E-state index contributed by atoms with van der Waals surface area (Å²) in [7, 11) is 0. The predicted octanol–water partition coefficient (Wildman–Crippen LogP) is 1.85. The largest absolute Gasteiger partial charge is 0.442 e. The van der Waals surface area contributed by atoms with Gasteiger partial charge in [0.2, 0.25) is 0 Å². The summed E-state index contributed by atoms with van der Waals surface area (Å²) in [6, 6.07) is 9.96. The van der Waals surface area contributed by atoms with Crippen LogP contribution < -0.4 is 5.32 Å². The number of benzene rings is 1. The highest BCUT2D eigenvalue weighted by Gasteiger charge is 2.36. The summed E-state index contributed by atoms with van der Waals surface area (Å²) < 4.78 is 11.0. The van der Waals surface area contributed by atoms with E-state index < -0.39 is 5.72 Å². The molecule has 18 heavy (non-hydrogen) atoms. The van der Waals surface area contributed by atoms with Gasteiger partial charge in [0.15, 0.2) is 5.72 Å². The molecule has 0 unspecified atom stereocenters. The summed E-state index contributed by atoms with van der Waals surface area (Å²) in [5, 5.41) is 3.22. The normalized spacial score (nSPS) is 22.9. The Morgan fingerprint density at radius 1 is 1.39 bits per heavy atom. The van der Waals surface area contributed by atoms with Crippen molar-refractivity contribution in [2.45, 2.75) is 32.1 Å². The molecule has 1 heterocycles. The van der Waals surface area contributed by atoms with E-state index in [1.165, 1.54) is 6.92 Å². The van der Waals surface area contributed by atoms with Crippen molar-refractivity contribution in [3.05, 3.63) is 35.9 Å². The molecule has 1 aliphatic rings. The highest BCUT2D eigenvalue weighted by Crippen LogP contribution is 2.22. The summed E-state index contributed by atoms with van der Waals surface area (Å²) in [5.41, 5.74) is 0.495. The van der Waals surface area contributed by atoms with Gasteiger partial charge < -0.3 is 9.47 Å². The van der Waals surface area contributed by atoms with E-state index in [0.29, 0.717) is 13.2 Å². The van der Waals surface area contributed by atoms with Crippen LogP contribution in [0.4, 0.5) is 0 Å². The van der Waals surface area contributed by atoms with Crippen molar-refractivity contribution < 1.29 is 14.3 Å². The van der Waals surface area contributed by atoms with Gasteiger partial charge in [0, 0.05) is 13.3 Å². The van der Waals surface area contributed by atoms with Gasteiger partial charge in [-0.1, -0.05) is 30.3 Å². The second-order valence-electron chi connectivity index (χ2n) is 4.60. The van der Waals surface area contributed by atoms with Gasteiger partial charge in [-0.05, 0) is 18.5 Å². The quantitative estimate of drug-likeness (QED) is 0.809. The van der Waals surface area contributed by atoms with Crippen molar-refractivity contribution in [1.29, 1.82) is 0 Å². The maximum absolute atomic E-state index is 11.1. The van der Waals surface area contributed by atoms with Crippen LogP contribution in [0.2, 0.25) is 0 Å². The number of hydrogen-bond donors (Lipinski definition) is 1. The van der Waals surface area contributed by atoms with Gasteiger partial charge in [-0.3, -0.25) is 10.1 Å². The van der Waals surface area contributed by atoms with Crippen molar-refractivity contribution in [1.82, 2.24) is 5.32 Å². The molecule has 0 saturated carbocycles. The zero-order valence-corrected chi connectivity index (χ0v) is 10.6. The van der Waals surface area contributed by atoms with Crippen LogP contribution in [0.5, 0.6) is 0 Å². The van der Waals surface area contributed by atoms with Crippen molar-refractivity contribution in [2.75, 3.05) is 13.2 Å². The molecular formula is C14H19NO3. The standard InChI is InChI=1S/C14H19NO3/c1-12(16)18-14(8-5-9-15-14)11-17-10-13-6-3-2-4-7-13/h2-4,6-7,15H,5,8-11H2,1H3/t14-/m1/s1. The van der Waals surface area contributed by atoms with E-state index in [1.807, 2.05) is 30.3 Å². The van der Waals surface area contributed by atoms with Gasteiger partial charge >= 0.3 is 5.97 Å². The molecule has 4 nitrogen and oxygen atoms in total. The second kappa shape index (κ2) is 5.98. The lowest BCUT2D eigenvalue weighted by Crippen LogP contribution is -2.47. The van der Waals surface area contributed by atoms with Crippen LogP contribution in [0.3, 0.4) is 0 Å². The number of nitrogens with one attached hydrogen (secondary N) is 1. The van der Waals surface area contributed by atoms with Crippen molar-refractivity contribution in [3.8, 4) is 0 Å². The Morgan fingerprint density at radius 3 is 2.78 bits per heavy atom. The number of hydrogen-bond acceptors (Lipinski definition) is 4. The molecule has 1 aliphatic heterocycles. The Balaban J connectivity index is 1.85. The molecule has 2 rings (SSSR count). The van der Waals surface area contributed by atoms with E-state index in [-0.39, 0.29) is 5.97 Å². The first kappa shape index (κ1) is 13.1. The third-order valence-corrected chi connectivity index (χ3v) is 2.99. The summed E-state index contributed by atoms with van der Waals surface area (Å²) >= 11 is 0. The van der Waals surface area contributed by atoms with Crippen LogP contribution in [-0.2, 0) is 20.9 Å². The minimum atomic E-state index is -0.624. The Labute approximate surface area is 107 Å². The molecule has 1 aromatic carbocycles. The third-order valence-electron chi connectivity index (χ3n) is 2.99. The molecule has 1 atom stereocenters. The fourth-order valence-electron chi connectivity index (χ4n) is 2.20. The number of rotatable bonds is 5. The van der Waals surface area contributed by atoms with E-state index in [1.54, 1.807) is 0 Å². The number of esters is 1. The number of ether oxygens (including phenoxy) is 2. The van der Waals surface area contributed by atoms with Crippen LogP contribution >= 0.6 is 0 Å². The van der Waals surface area contributed by atoms with Gasteiger partial charge in [0.1, 0.15) is 6.61 Å². The average molecular weight is 249 g/mol. The van der Waals surface area contributed by atoms with E-state index in [9.17, 15) is 4.79 Å². The average Bonchev–Trinajstić information content (AvgIpc) is 2.78. The highest BCUT2D eigenvalue weighted by molar-refractivity contribution is 5.66. The predicted molar refractivity (Wildman–Crippen MR) is 67.8 cm³/mol. The van der Waals surface area contributed by atoms with Gasteiger partial charge in [-0.25, -0.2) is 0 Å². The number of carbonyl (C=O) groups excluding carboxylic acids is 1. The topological polar surface area (TPSA) is 47.6 Å². The summed E-state index contributed by atoms with van der Waals surface area (Å²) in [6.45, 7) is 3.22. The molecule has 0 radical (unpaired) electrons. The fraction of sp³-hybridized carbons (Fsp3) is 0.500. The lowest BCUT2D eigenvalue weighted by atomic mass is 10.2. The summed E-state index contributed by atoms with van der Waals surface area (Å²) in [5.74, 6) is -0.271. The SMILES string of the molecule is CC(=O)O[C@@]1(COCc2ccccc2)CCCN1. The summed E-state index contributed by atoms with van der Waals surface area (Å²) in [6.07, 6.45) is 1.81. The van der Waals surface area contributed by atoms with Gasteiger partial charge in [-0.2, -0.15) is 0 Å². The van der Waals surface area contributed by atoms with Crippen LogP contribution in [0.25, 0.3) is 0 Å². The van der Waals surface area contributed by atoms with Crippen molar-refractivity contribution in [3.63, 3.8) is 0 Å². The minimum absolute atomic E-state index is 0.271. The lowest BCUT2D eigenvalue weighted by Gasteiger charge is -2.28. The van der Waals surface area contributed by atoms with Crippen LogP contribution in [0.1, 0.15) is 25.3 Å². The maximum Gasteiger partial charge on any atom is 0.304 e. The maximum atomic E-state index is 11.1. The molecule has 0 bridgehead atoms. The van der Waals surface area contributed by atoms with E-state index in [2.05, 4.69) is 5.32 Å². The monoisotopic (exact) mass is 249 g/mol. The molecule has 0 spiro atoms. The molecule has 1 saturated heterocycles. The molecule has 1 N–H and O–H groups in total. The highest BCUT2D eigenvalue weighted by atomic mass is 16.6. The lowest BCUT2D eigenvalue weighted by molar-refractivity contribution is -0.167. The second-order valence-corrected chi connectivity index (χ2v) is 4.60. The number of carbonyl (C=O) groups is 1. The van der Waals surface area contributed by atoms with Gasteiger partial charge in [0.25, 0.3) is 0 Å². The Morgan fingerprint density at radius 2 is 2.17 bits per heavy atom. The molecule has 0 aromatic heterocycles. The molecular weight excluding hydrogens is 230 g/mol. The Kier molecular flexibility index (Phi) is 4.33. The molecule has 0 amide bonds. The first-order chi connectivity index (χ1) is 8.70. The van der Waals surface area contributed by atoms with Crippen LogP contribution in [0.15, 0.2) is 30.3 Å². The van der Waals surface area contributed by atoms with E-state index in [0.717, 1.165) is 24.9 Å². The van der Waals surface area contributed by atoms with Crippen LogP contribution in [0, 0.1) is 0 Å². The van der Waals surface area contributed by atoms with E-state index >= 15 is 0 Å². The zero-order valence-electron chi connectivity index (χ0n) is 10.6. The third kappa shape index (κ3) is 3.55. The molecule has 0 aliphatic carbocycles. The van der Waals surface area contributed by atoms with Crippen molar-refractivity contribution in [2.24, 2.45) is 0 Å². The smallest absolute Gasteiger partial charge is 0.304 e. The first-order valence-corrected chi connectivity index (χ1v) is 6.26. The molecule has 1 aromatic rings. The minimum Gasteiger partial charge on any atom is -0.442 e. The first-order valence-electron chi connectivity index (χ1n) is 6.26. The zero-order chi connectivity index (χ0) is 12.8. The van der Waals surface area contributed by atoms with Crippen LogP contribution in [-0.4, -0.2) is 24.8 Å². The molecule has 1 fully saturated rings. The fourth-order valence-corrected chi connectivity index (χ4v) is 2.20. The van der Waals surface area contributed by atoms with Gasteiger partial charge in [-0.15, -0.1) is 0 Å². The van der Waals surface area contributed by atoms with Crippen molar-refractivity contribution >= 4 is 5.97 Å². The van der Waals surface area contributed by atoms with E-state index in [4.69, 9.17) is 9.47 Å². The Hall–Kier alpha value is -1.39. The molecule has 98 valence electrons. The van der Waals surface area contributed by atoms with Gasteiger partial charge in [0.05, 0.1) is 6.61 Å².